The summed E-state index contributed by atoms with van der Waals surface area (Å²) < 4.78 is 3.58. The fraction of sp³-hybridized carbons (Fsp3) is 0.300. The molecule has 1 aliphatic rings. The molecule has 8 heteroatoms. The number of imidazole rings is 1. The van der Waals surface area contributed by atoms with Crippen LogP contribution in [0.15, 0.2) is 49.2 Å². The number of hydrogen-bond acceptors (Lipinski definition) is 6. The molecule has 1 aromatic carbocycles. The first-order valence-electron chi connectivity index (χ1n) is 9.31. The summed E-state index contributed by atoms with van der Waals surface area (Å²) in [6.07, 6.45) is 8.29. The Morgan fingerprint density at radius 2 is 1.93 bits per heavy atom. The highest BCUT2D eigenvalue weighted by molar-refractivity contribution is 5.50. The fourth-order valence-electron chi connectivity index (χ4n) is 3.44. The molecule has 0 bridgehead atoms. The third kappa shape index (κ3) is 2.82. The zero-order chi connectivity index (χ0) is 19.3. The molecule has 0 spiro atoms. The Labute approximate surface area is 162 Å². The second kappa shape index (κ2) is 6.42. The molecule has 3 aromatic heterocycles. The van der Waals surface area contributed by atoms with Gasteiger partial charge in [0.15, 0.2) is 0 Å². The minimum atomic E-state index is -0.921. The molecule has 8 nitrogen and oxygen atoms in total. The quantitative estimate of drug-likeness (QED) is 0.576. The van der Waals surface area contributed by atoms with Crippen molar-refractivity contribution in [1.82, 2.24) is 29.4 Å². The summed E-state index contributed by atoms with van der Waals surface area (Å²) in [6, 6.07) is 8.00. The molecule has 4 aromatic rings. The first-order chi connectivity index (χ1) is 13.6. The molecule has 0 unspecified atom stereocenters. The Bertz CT molecular complexity index is 1130. The van der Waals surface area contributed by atoms with Gasteiger partial charge in [-0.1, -0.05) is 5.21 Å². The Morgan fingerprint density at radius 1 is 1.14 bits per heavy atom. The van der Waals surface area contributed by atoms with Crippen LogP contribution >= 0.6 is 0 Å². The lowest BCUT2D eigenvalue weighted by Crippen LogP contribution is -2.11. The smallest absolute Gasteiger partial charge is 0.142 e. The van der Waals surface area contributed by atoms with Crippen molar-refractivity contribution in [1.29, 1.82) is 0 Å². The van der Waals surface area contributed by atoms with E-state index in [0.29, 0.717) is 11.6 Å². The Hall–Kier alpha value is -3.26. The number of aromatic nitrogens is 6. The second-order valence-electron chi connectivity index (χ2n) is 7.39. The predicted octanol–water partition coefficient (Wildman–Crippen LogP) is 2.34. The molecule has 0 aliphatic heterocycles. The van der Waals surface area contributed by atoms with Gasteiger partial charge in [0.2, 0.25) is 0 Å². The van der Waals surface area contributed by atoms with Gasteiger partial charge in [0.05, 0.1) is 47.5 Å². The summed E-state index contributed by atoms with van der Waals surface area (Å²) in [7, 11) is 4.00. The monoisotopic (exact) mass is 375 g/mol. The van der Waals surface area contributed by atoms with Gasteiger partial charge in [-0.15, -0.1) is 5.10 Å². The molecule has 1 aliphatic carbocycles. The molecule has 0 saturated heterocycles. The standard InChI is InChI=1S/C20H21N7O/c1-25(2)14-5-7-15(8-6-14)27-11-17(23-24-27)20(28)19-18(13-3-4-13)22-10-16-9-21-12-26(16)19/h5-13,20,28H,3-4H2,1-2H3/t20-/m0/s1. The average Bonchev–Trinajstić information content (AvgIpc) is 3.24. The van der Waals surface area contributed by atoms with Crippen molar-refractivity contribution in [3.63, 3.8) is 0 Å². The molecule has 3 heterocycles. The minimum Gasteiger partial charge on any atom is -0.380 e. The Morgan fingerprint density at radius 3 is 2.64 bits per heavy atom. The van der Waals surface area contributed by atoms with Gasteiger partial charge in [-0.2, -0.15) is 0 Å². The number of nitrogens with zero attached hydrogens (tertiary/aromatic N) is 7. The molecule has 142 valence electrons. The molecule has 0 amide bonds. The summed E-state index contributed by atoms with van der Waals surface area (Å²) in [6.45, 7) is 0. The minimum absolute atomic E-state index is 0.394. The van der Waals surface area contributed by atoms with Crippen molar-refractivity contribution >= 4 is 11.2 Å². The van der Waals surface area contributed by atoms with E-state index in [1.807, 2.05) is 47.7 Å². The highest BCUT2D eigenvalue weighted by atomic mass is 16.3. The third-order valence-corrected chi connectivity index (χ3v) is 5.17. The summed E-state index contributed by atoms with van der Waals surface area (Å²) in [5.74, 6) is 0.394. The van der Waals surface area contributed by atoms with Crippen LogP contribution in [0.4, 0.5) is 5.69 Å². The van der Waals surface area contributed by atoms with E-state index < -0.39 is 6.10 Å². The maximum Gasteiger partial charge on any atom is 0.142 e. The normalized spacial score (nSPS) is 15.1. The third-order valence-electron chi connectivity index (χ3n) is 5.17. The zero-order valence-corrected chi connectivity index (χ0v) is 15.8. The lowest BCUT2D eigenvalue weighted by atomic mass is 10.1. The van der Waals surface area contributed by atoms with Crippen LogP contribution in [0, 0.1) is 0 Å². The van der Waals surface area contributed by atoms with Gasteiger partial charge in [0, 0.05) is 25.7 Å². The molecule has 0 radical (unpaired) electrons. The average molecular weight is 375 g/mol. The summed E-state index contributed by atoms with van der Waals surface area (Å²) in [5.41, 5.74) is 4.98. The fourth-order valence-corrected chi connectivity index (χ4v) is 3.44. The maximum absolute atomic E-state index is 11.1. The van der Waals surface area contributed by atoms with Crippen molar-refractivity contribution in [2.75, 3.05) is 19.0 Å². The van der Waals surface area contributed by atoms with Gasteiger partial charge < -0.3 is 10.0 Å². The van der Waals surface area contributed by atoms with Gasteiger partial charge >= 0.3 is 0 Å². The Balaban J connectivity index is 1.52. The summed E-state index contributed by atoms with van der Waals surface area (Å²) in [4.78, 5) is 10.8. The van der Waals surface area contributed by atoms with E-state index in [2.05, 4.69) is 20.3 Å². The van der Waals surface area contributed by atoms with Gasteiger partial charge in [0.25, 0.3) is 0 Å². The van der Waals surface area contributed by atoms with Gasteiger partial charge in [-0.05, 0) is 37.1 Å². The van der Waals surface area contributed by atoms with E-state index in [0.717, 1.165) is 41.1 Å². The van der Waals surface area contributed by atoms with Crippen LogP contribution in [0.1, 0.15) is 41.9 Å². The van der Waals surface area contributed by atoms with E-state index >= 15 is 0 Å². The van der Waals surface area contributed by atoms with E-state index in [-0.39, 0.29) is 0 Å². The lowest BCUT2D eigenvalue weighted by Gasteiger charge is -2.15. The first kappa shape index (κ1) is 16.9. The van der Waals surface area contributed by atoms with Crippen LogP contribution in [0.5, 0.6) is 0 Å². The van der Waals surface area contributed by atoms with Crippen LogP contribution in [0.2, 0.25) is 0 Å². The molecular formula is C20H21N7O. The second-order valence-corrected chi connectivity index (χ2v) is 7.39. The SMILES string of the molecule is CN(C)c1ccc(-n2cc([C@H](O)c3c(C4CC4)ncc4cncn34)nn2)cc1. The van der Waals surface area contributed by atoms with Gasteiger partial charge in [0.1, 0.15) is 11.8 Å². The molecular weight excluding hydrogens is 354 g/mol. The number of aliphatic hydroxyl groups excluding tert-OH is 1. The van der Waals surface area contributed by atoms with Crippen molar-refractivity contribution in [2.45, 2.75) is 24.9 Å². The first-order valence-corrected chi connectivity index (χ1v) is 9.31. The van der Waals surface area contributed by atoms with Crippen molar-refractivity contribution in [3.8, 4) is 5.69 Å². The van der Waals surface area contributed by atoms with E-state index in [4.69, 9.17) is 0 Å². The van der Waals surface area contributed by atoms with E-state index in [1.54, 1.807) is 29.6 Å². The van der Waals surface area contributed by atoms with Crippen LogP contribution < -0.4 is 4.90 Å². The molecule has 5 rings (SSSR count). The lowest BCUT2D eigenvalue weighted by molar-refractivity contribution is 0.206. The van der Waals surface area contributed by atoms with E-state index in [9.17, 15) is 5.11 Å². The van der Waals surface area contributed by atoms with Gasteiger partial charge in [-0.25, -0.2) is 9.67 Å². The molecule has 28 heavy (non-hydrogen) atoms. The van der Waals surface area contributed by atoms with Crippen LogP contribution in [-0.4, -0.2) is 48.6 Å². The van der Waals surface area contributed by atoms with Gasteiger partial charge in [-0.3, -0.25) is 9.38 Å². The molecule has 1 saturated carbocycles. The van der Waals surface area contributed by atoms with Crippen LogP contribution in [0.3, 0.4) is 0 Å². The number of benzene rings is 1. The molecule has 1 N–H and O–H groups in total. The number of anilines is 1. The number of fused-ring (bicyclic) bond motifs is 1. The molecule has 1 atom stereocenters. The number of aliphatic hydroxyl groups is 1. The van der Waals surface area contributed by atoms with Crippen molar-refractivity contribution < 1.29 is 5.11 Å². The van der Waals surface area contributed by atoms with Crippen LogP contribution in [0.25, 0.3) is 11.2 Å². The number of hydrogen-bond donors (Lipinski definition) is 1. The topological polar surface area (TPSA) is 84.4 Å². The maximum atomic E-state index is 11.1. The van der Waals surface area contributed by atoms with Crippen LogP contribution in [-0.2, 0) is 0 Å². The van der Waals surface area contributed by atoms with E-state index in [1.165, 1.54) is 0 Å². The highest BCUT2D eigenvalue weighted by Crippen LogP contribution is 2.42. The Kier molecular flexibility index (Phi) is 3.87. The highest BCUT2D eigenvalue weighted by Gasteiger charge is 2.32. The summed E-state index contributed by atoms with van der Waals surface area (Å²) >= 11 is 0. The summed E-state index contributed by atoms with van der Waals surface area (Å²) in [5, 5.41) is 19.6. The molecule has 1 fully saturated rings. The van der Waals surface area contributed by atoms with Crippen molar-refractivity contribution in [3.05, 3.63) is 66.3 Å². The zero-order valence-electron chi connectivity index (χ0n) is 15.8. The number of rotatable bonds is 5. The van der Waals surface area contributed by atoms with Crippen molar-refractivity contribution in [2.24, 2.45) is 0 Å². The largest absolute Gasteiger partial charge is 0.380 e. The predicted molar refractivity (Wildman–Crippen MR) is 105 cm³/mol.